The minimum atomic E-state index is -0.778. The number of rotatable bonds is 5. The normalized spacial score (nSPS) is 16.1. The van der Waals surface area contributed by atoms with Crippen LogP contribution in [0.5, 0.6) is 0 Å². The van der Waals surface area contributed by atoms with Crippen molar-refractivity contribution in [3.8, 4) is 0 Å². The van der Waals surface area contributed by atoms with Crippen LogP contribution in [0.2, 0.25) is 0 Å². The number of anilines is 1. The third kappa shape index (κ3) is 3.54. The van der Waals surface area contributed by atoms with Crippen LogP contribution in [-0.2, 0) is 16.1 Å². The summed E-state index contributed by atoms with van der Waals surface area (Å²) in [5.74, 6) is -0.305. The van der Waals surface area contributed by atoms with Gasteiger partial charge in [-0.3, -0.25) is 18.8 Å². The number of pyridine rings is 1. The smallest absolute Gasteiger partial charge is 0.254 e. The molecule has 0 saturated carbocycles. The molecule has 1 atom stereocenters. The Morgan fingerprint density at radius 1 is 1.11 bits per heavy atom. The summed E-state index contributed by atoms with van der Waals surface area (Å²) in [6.45, 7) is 0.221. The van der Waals surface area contributed by atoms with Gasteiger partial charge < -0.3 is 16.0 Å². The summed E-state index contributed by atoms with van der Waals surface area (Å²) in [5, 5.41) is 16.2. The average Bonchev–Trinajstić information content (AvgIpc) is 3.07. The average molecular weight is 378 g/mol. The van der Waals surface area contributed by atoms with Crippen LogP contribution in [0.3, 0.4) is 0 Å². The first-order valence-corrected chi connectivity index (χ1v) is 8.88. The second-order valence-electron chi connectivity index (χ2n) is 6.42. The van der Waals surface area contributed by atoms with E-state index in [4.69, 9.17) is 0 Å². The van der Waals surface area contributed by atoms with Crippen LogP contribution in [0, 0.1) is 0 Å². The molecule has 142 valence electrons. The van der Waals surface area contributed by atoms with E-state index in [1.54, 1.807) is 28.7 Å². The minimum absolute atomic E-state index is 0.0887. The standard InChI is InChI=1S/C19H18N6O3/c26-17(20-11-16-24-23-15-7-3-4-10-25(15)16)9-8-14-19(28)21-13-6-2-1-5-12(13)18(27)22-14/h1-7,10,14H,8-9,11H2,(H,20,26)(H,21,28)(H,22,27). The number of benzene rings is 1. The first-order chi connectivity index (χ1) is 13.6. The van der Waals surface area contributed by atoms with Gasteiger partial charge in [-0.15, -0.1) is 10.2 Å². The van der Waals surface area contributed by atoms with Gasteiger partial charge in [-0.25, -0.2) is 0 Å². The molecule has 1 aromatic carbocycles. The van der Waals surface area contributed by atoms with Gasteiger partial charge in [0.15, 0.2) is 11.5 Å². The van der Waals surface area contributed by atoms with Crippen LogP contribution >= 0.6 is 0 Å². The van der Waals surface area contributed by atoms with E-state index in [0.29, 0.717) is 22.7 Å². The first-order valence-electron chi connectivity index (χ1n) is 8.88. The minimum Gasteiger partial charge on any atom is -0.349 e. The monoisotopic (exact) mass is 378 g/mol. The Morgan fingerprint density at radius 3 is 2.82 bits per heavy atom. The number of fused-ring (bicyclic) bond motifs is 2. The number of hydrogen-bond acceptors (Lipinski definition) is 5. The molecular weight excluding hydrogens is 360 g/mol. The fourth-order valence-electron chi connectivity index (χ4n) is 3.07. The number of carbonyl (C=O) groups excluding carboxylic acids is 3. The highest BCUT2D eigenvalue weighted by molar-refractivity contribution is 6.09. The van der Waals surface area contributed by atoms with Crippen LogP contribution in [0.25, 0.3) is 5.65 Å². The molecule has 1 aliphatic rings. The SMILES string of the molecule is O=C(CCC1NC(=O)c2ccccc2NC1=O)NCc1nnc2ccccn12. The van der Waals surface area contributed by atoms with E-state index in [0.717, 1.165) is 0 Å². The second kappa shape index (κ2) is 7.47. The molecule has 0 spiro atoms. The fraction of sp³-hybridized carbons (Fsp3) is 0.211. The van der Waals surface area contributed by atoms with Crippen molar-refractivity contribution in [1.29, 1.82) is 0 Å². The van der Waals surface area contributed by atoms with Crippen LogP contribution < -0.4 is 16.0 Å². The molecule has 0 aliphatic carbocycles. The molecule has 0 radical (unpaired) electrons. The Kier molecular flexibility index (Phi) is 4.71. The van der Waals surface area contributed by atoms with E-state index in [1.165, 1.54) is 0 Å². The maximum Gasteiger partial charge on any atom is 0.254 e. The molecular formula is C19H18N6O3. The van der Waals surface area contributed by atoms with Crippen molar-refractivity contribution < 1.29 is 14.4 Å². The van der Waals surface area contributed by atoms with Crippen molar-refractivity contribution in [2.45, 2.75) is 25.4 Å². The molecule has 0 bridgehead atoms. The summed E-state index contributed by atoms with van der Waals surface area (Å²) >= 11 is 0. The first kappa shape index (κ1) is 17.7. The summed E-state index contributed by atoms with van der Waals surface area (Å²) in [5.41, 5.74) is 1.57. The maximum atomic E-state index is 12.3. The van der Waals surface area contributed by atoms with E-state index in [2.05, 4.69) is 26.1 Å². The predicted molar refractivity (Wildman–Crippen MR) is 100 cm³/mol. The molecule has 9 heteroatoms. The zero-order valence-corrected chi connectivity index (χ0v) is 14.9. The van der Waals surface area contributed by atoms with E-state index in [9.17, 15) is 14.4 Å². The molecule has 0 saturated heterocycles. The molecule has 1 unspecified atom stereocenters. The van der Waals surface area contributed by atoms with Crippen LogP contribution in [-0.4, -0.2) is 38.4 Å². The number of amides is 3. The predicted octanol–water partition coefficient (Wildman–Crippen LogP) is 0.876. The summed E-state index contributed by atoms with van der Waals surface area (Å²) in [6.07, 6.45) is 2.10. The lowest BCUT2D eigenvalue weighted by Gasteiger charge is -2.14. The van der Waals surface area contributed by atoms with Gasteiger partial charge in [0.1, 0.15) is 6.04 Å². The van der Waals surface area contributed by atoms with Gasteiger partial charge in [-0.2, -0.15) is 0 Å². The van der Waals surface area contributed by atoms with Gasteiger partial charge in [-0.05, 0) is 30.7 Å². The summed E-state index contributed by atoms with van der Waals surface area (Å²) in [6, 6.07) is 11.5. The molecule has 2 aromatic heterocycles. The third-order valence-electron chi connectivity index (χ3n) is 4.54. The molecule has 3 heterocycles. The Morgan fingerprint density at radius 2 is 1.93 bits per heavy atom. The molecule has 0 fully saturated rings. The zero-order valence-electron chi connectivity index (χ0n) is 14.9. The molecule has 9 nitrogen and oxygen atoms in total. The Labute approximate surface area is 160 Å². The van der Waals surface area contributed by atoms with E-state index < -0.39 is 6.04 Å². The Hall–Kier alpha value is -3.75. The number of para-hydroxylation sites is 1. The Balaban J connectivity index is 1.33. The van der Waals surface area contributed by atoms with Crippen molar-refractivity contribution in [3.63, 3.8) is 0 Å². The van der Waals surface area contributed by atoms with Gasteiger partial charge in [0, 0.05) is 12.6 Å². The van der Waals surface area contributed by atoms with Crippen LogP contribution in [0.15, 0.2) is 48.7 Å². The highest BCUT2D eigenvalue weighted by atomic mass is 16.2. The number of nitrogens with zero attached hydrogens (tertiary/aromatic N) is 3. The van der Waals surface area contributed by atoms with Crippen molar-refractivity contribution in [3.05, 3.63) is 60.0 Å². The number of aromatic nitrogens is 3. The second-order valence-corrected chi connectivity index (χ2v) is 6.42. The molecule has 4 rings (SSSR count). The summed E-state index contributed by atoms with van der Waals surface area (Å²) in [7, 11) is 0. The number of carbonyl (C=O) groups is 3. The van der Waals surface area contributed by atoms with Crippen molar-refractivity contribution in [2.24, 2.45) is 0 Å². The van der Waals surface area contributed by atoms with Gasteiger partial charge in [0.25, 0.3) is 5.91 Å². The fourth-order valence-corrected chi connectivity index (χ4v) is 3.07. The molecule has 1 aliphatic heterocycles. The Bertz CT molecular complexity index is 1060. The van der Waals surface area contributed by atoms with E-state index >= 15 is 0 Å². The molecule has 3 amide bonds. The van der Waals surface area contributed by atoms with Gasteiger partial charge >= 0.3 is 0 Å². The largest absolute Gasteiger partial charge is 0.349 e. The van der Waals surface area contributed by atoms with Crippen LogP contribution in [0.1, 0.15) is 29.0 Å². The number of nitrogens with one attached hydrogen (secondary N) is 3. The molecule has 3 aromatic rings. The van der Waals surface area contributed by atoms with Crippen molar-refractivity contribution >= 4 is 29.1 Å². The lowest BCUT2D eigenvalue weighted by molar-refractivity contribution is -0.122. The van der Waals surface area contributed by atoms with Gasteiger partial charge in [-0.1, -0.05) is 18.2 Å². The van der Waals surface area contributed by atoms with Crippen molar-refractivity contribution in [1.82, 2.24) is 25.2 Å². The quantitative estimate of drug-likeness (QED) is 0.609. The van der Waals surface area contributed by atoms with Crippen molar-refractivity contribution in [2.75, 3.05) is 5.32 Å². The van der Waals surface area contributed by atoms with Gasteiger partial charge in [0.05, 0.1) is 17.8 Å². The molecule has 3 N–H and O–H groups in total. The third-order valence-corrected chi connectivity index (χ3v) is 4.54. The van der Waals surface area contributed by atoms with E-state index in [1.807, 2.05) is 24.4 Å². The lowest BCUT2D eigenvalue weighted by Crippen LogP contribution is -2.42. The summed E-state index contributed by atoms with van der Waals surface area (Å²) in [4.78, 5) is 36.8. The lowest BCUT2D eigenvalue weighted by atomic mass is 10.1. The number of hydrogen-bond donors (Lipinski definition) is 3. The van der Waals surface area contributed by atoms with Crippen LogP contribution in [0.4, 0.5) is 5.69 Å². The highest BCUT2D eigenvalue weighted by Crippen LogP contribution is 2.19. The van der Waals surface area contributed by atoms with E-state index in [-0.39, 0.29) is 37.1 Å². The summed E-state index contributed by atoms with van der Waals surface area (Å²) < 4.78 is 1.79. The topological polar surface area (TPSA) is 117 Å². The van der Waals surface area contributed by atoms with Gasteiger partial charge in [0.2, 0.25) is 11.8 Å². The zero-order chi connectivity index (χ0) is 19.5. The molecule has 28 heavy (non-hydrogen) atoms. The highest BCUT2D eigenvalue weighted by Gasteiger charge is 2.27. The maximum absolute atomic E-state index is 12.3.